The van der Waals surface area contributed by atoms with Gasteiger partial charge in [-0.15, -0.1) is 0 Å². The summed E-state index contributed by atoms with van der Waals surface area (Å²) >= 11 is 3.54. The third-order valence-corrected chi connectivity index (χ3v) is 7.99. The van der Waals surface area contributed by atoms with Crippen LogP contribution in [0.3, 0.4) is 0 Å². The van der Waals surface area contributed by atoms with Gasteiger partial charge in [-0.2, -0.15) is 0 Å². The number of nitrogens with zero attached hydrogens (tertiary/aromatic N) is 1. The van der Waals surface area contributed by atoms with E-state index >= 15 is 0 Å². The molecule has 37 heavy (non-hydrogen) atoms. The molecule has 7 heteroatoms. The molecule has 0 fully saturated rings. The molecule has 1 N–H and O–H groups in total. The maximum atomic E-state index is 13.4. The van der Waals surface area contributed by atoms with Crippen LogP contribution in [0.2, 0.25) is 0 Å². The molecule has 0 aliphatic carbocycles. The van der Waals surface area contributed by atoms with Gasteiger partial charge in [-0.05, 0) is 40.8 Å². The van der Waals surface area contributed by atoms with Crippen molar-refractivity contribution in [2.45, 2.75) is 25.6 Å². The number of hydrogen-bond donors (Lipinski definition) is 1. The number of nitrogens with one attached hydrogen (secondary N) is 1. The fourth-order valence-electron chi connectivity index (χ4n) is 5.83. The second kappa shape index (κ2) is 10.4. The fourth-order valence-corrected chi connectivity index (χ4v) is 6.09. The first-order valence-corrected chi connectivity index (χ1v) is 13.1. The minimum Gasteiger partial charge on any atom is -0.466 e. The number of carbonyl (C=O) groups excluding carboxylic acids is 2. The highest BCUT2D eigenvalue weighted by atomic mass is 79.9. The number of hydrogen-bond acceptors (Lipinski definition) is 6. The summed E-state index contributed by atoms with van der Waals surface area (Å²) in [6.45, 7) is 2.44. The van der Waals surface area contributed by atoms with Crippen LogP contribution in [0.1, 0.15) is 35.7 Å². The lowest BCUT2D eigenvalue weighted by atomic mass is 9.67. The first-order chi connectivity index (χ1) is 17.9. The molecule has 6 nitrogen and oxygen atoms in total. The molecule has 190 valence electrons. The monoisotopic (exact) mass is 560 g/mol. The van der Waals surface area contributed by atoms with Crippen molar-refractivity contribution in [2.24, 2.45) is 11.8 Å². The van der Waals surface area contributed by atoms with Gasteiger partial charge >= 0.3 is 11.9 Å². The summed E-state index contributed by atoms with van der Waals surface area (Å²) in [5.74, 6) is -1.44. The van der Waals surface area contributed by atoms with Crippen molar-refractivity contribution >= 4 is 33.6 Å². The number of rotatable bonds is 5. The van der Waals surface area contributed by atoms with Crippen molar-refractivity contribution in [1.82, 2.24) is 4.90 Å². The van der Waals surface area contributed by atoms with Crippen LogP contribution in [-0.4, -0.2) is 31.1 Å². The van der Waals surface area contributed by atoms with Gasteiger partial charge in [0.25, 0.3) is 0 Å². The number of halogens is 1. The second-order valence-electron chi connectivity index (χ2n) is 9.43. The lowest BCUT2D eigenvalue weighted by Gasteiger charge is -2.52. The number of anilines is 1. The molecule has 2 aliphatic heterocycles. The van der Waals surface area contributed by atoms with Crippen LogP contribution in [0.4, 0.5) is 5.69 Å². The summed E-state index contributed by atoms with van der Waals surface area (Å²) in [5.41, 5.74) is 4.82. The summed E-state index contributed by atoms with van der Waals surface area (Å²) in [6, 6.07) is 26.1. The standard InChI is InChI=1S/C30H29BrN2O4/c1-18-24-26(20-13-15-21(31)16-14-20)32-23-12-8-7-11-22(23)27(24)33(17-19-9-5-4-6-10-19)28(30(35)37-3)25(18)29(34)36-2/h4-16,18,24,26-27,32H,17H2,1-3H3/t18-,24+,26+,27-/m0/s1. The second-order valence-corrected chi connectivity index (χ2v) is 10.3. The smallest absolute Gasteiger partial charge is 0.354 e. The molecule has 0 amide bonds. The van der Waals surface area contributed by atoms with E-state index in [0.29, 0.717) is 12.1 Å². The van der Waals surface area contributed by atoms with Crippen LogP contribution in [0, 0.1) is 11.8 Å². The molecular formula is C30H29BrN2O4. The van der Waals surface area contributed by atoms with Gasteiger partial charge in [0.05, 0.1) is 31.9 Å². The van der Waals surface area contributed by atoms with Crippen LogP contribution in [0.25, 0.3) is 0 Å². The Hall–Kier alpha value is -3.58. The Labute approximate surface area is 225 Å². The van der Waals surface area contributed by atoms with Crippen molar-refractivity contribution in [1.29, 1.82) is 0 Å². The third-order valence-electron chi connectivity index (χ3n) is 7.46. The number of carbonyl (C=O) groups is 2. The molecule has 4 atom stereocenters. The number of esters is 2. The highest BCUT2D eigenvalue weighted by molar-refractivity contribution is 9.10. The van der Waals surface area contributed by atoms with E-state index in [4.69, 9.17) is 9.47 Å². The van der Waals surface area contributed by atoms with Gasteiger partial charge in [-0.25, -0.2) is 9.59 Å². The molecule has 3 aromatic carbocycles. The number of para-hydroxylation sites is 1. The van der Waals surface area contributed by atoms with Gasteiger partial charge in [0, 0.05) is 22.6 Å². The maximum absolute atomic E-state index is 13.4. The minimum atomic E-state index is -0.544. The Kier molecular flexibility index (Phi) is 7.07. The van der Waals surface area contributed by atoms with Crippen LogP contribution < -0.4 is 5.32 Å². The van der Waals surface area contributed by atoms with E-state index in [1.807, 2.05) is 66.4 Å². The van der Waals surface area contributed by atoms with Gasteiger partial charge in [0.15, 0.2) is 0 Å². The molecule has 0 unspecified atom stereocenters. The van der Waals surface area contributed by atoms with Crippen molar-refractivity contribution in [3.63, 3.8) is 0 Å². The summed E-state index contributed by atoms with van der Waals surface area (Å²) < 4.78 is 11.5. The van der Waals surface area contributed by atoms with Gasteiger partial charge in [0.2, 0.25) is 0 Å². The molecule has 5 rings (SSSR count). The number of ether oxygens (including phenoxy) is 2. The van der Waals surface area contributed by atoms with Gasteiger partial charge < -0.3 is 19.7 Å². The highest BCUT2D eigenvalue weighted by Gasteiger charge is 2.51. The Balaban J connectivity index is 1.77. The molecule has 0 aromatic heterocycles. The van der Waals surface area contributed by atoms with Crippen molar-refractivity contribution < 1.29 is 19.1 Å². The Bertz CT molecular complexity index is 1340. The van der Waals surface area contributed by atoms with E-state index in [0.717, 1.165) is 26.9 Å². The largest absolute Gasteiger partial charge is 0.466 e. The molecular weight excluding hydrogens is 532 g/mol. The minimum absolute atomic E-state index is 0.0812. The third kappa shape index (κ3) is 4.53. The average Bonchev–Trinajstić information content (AvgIpc) is 2.93. The van der Waals surface area contributed by atoms with Gasteiger partial charge in [0.1, 0.15) is 5.70 Å². The van der Waals surface area contributed by atoms with E-state index in [-0.39, 0.29) is 29.6 Å². The van der Waals surface area contributed by atoms with E-state index in [9.17, 15) is 9.59 Å². The molecule has 0 saturated carbocycles. The first-order valence-electron chi connectivity index (χ1n) is 12.3. The summed E-state index contributed by atoms with van der Waals surface area (Å²) in [4.78, 5) is 28.7. The quantitative estimate of drug-likeness (QED) is 0.384. The zero-order valence-corrected chi connectivity index (χ0v) is 22.6. The van der Waals surface area contributed by atoms with Crippen LogP contribution in [0.15, 0.2) is 94.6 Å². The summed E-state index contributed by atoms with van der Waals surface area (Å²) in [6.07, 6.45) is 0. The van der Waals surface area contributed by atoms with E-state index in [1.54, 1.807) is 0 Å². The topological polar surface area (TPSA) is 67.9 Å². The summed E-state index contributed by atoms with van der Waals surface area (Å²) in [5, 5.41) is 3.75. The van der Waals surface area contributed by atoms with E-state index < -0.39 is 11.9 Å². The zero-order chi connectivity index (χ0) is 26.1. The van der Waals surface area contributed by atoms with E-state index in [2.05, 4.69) is 45.5 Å². The molecule has 0 spiro atoms. The van der Waals surface area contributed by atoms with Crippen LogP contribution in [0.5, 0.6) is 0 Å². The van der Waals surface area contributed by atoms with Gasteiger partial charge in [-0.1, -0.05) is 83.5 Å². The lowest BCUT2D eigenvalue weighted by Crippen LogP contribution is -2.50. The molecule has 2 heterocycles. The highest BCUT2D eigenvalue weighted by Crippen LogP contribution is 2.55. The Morgan fingerprint density at radius 1 is 0.892 bits per heavy atom. The average molecular weight is 561 g/mol. The van der Waals surface area contributed by atoms with Gasteiger partial charge in [-0.3, -0.25) is 0 Å². The maximum Gasteiger partial charge on any atom is 0.354 e. The molecule has 0 bridgehead atoms. The Morgan fingerprint density at radius 2 is 1.54 bits per heavy atom. The van der Waals surface area contributed by atoms with Crippen LogP contribution in [-0.2, 0) is 25.6 Å². The molecule has 2 aliphatic rings. The summed E-state index contributed by atoms with van der Waals surface area (Å²) in [7, 11) is 2.70. The molecule has 3 aromatic rings. The first kappa shape index (κ1) is 25.1. The zero-order valence-electron chi connectivity index (χ0n) is 21.0. The normalized spacial score (nSPS) is 22.4. The Morgan fingerprint density at radius 3 is 2.22 bits per heavy atom. The van der Waals surface area contributed by atoms with Crippen molar-refractivity contribution in [3.05, 3.63) is 111 Å². The van der Waals surface area contributed by atoms with Crippen LogP contribution >= 0.6 is 15.9 Å². The predicted octanol–water partition coefficient (Wildman–Crippen LogP) is 6.03. The SMILES string of the molecule is COC(=O)C1=C(C(=O)OC)N(Cc2ccccc2)[C@H]2c3ccccc3N[C@H](c3ccc(Br)cc3)[C@H]2[C@@H]1C. The predicted molar refractivity (Wildman–Crippen MR) is 145 cm³/mol. The number of methoxy groups -OCH3 is 2. The van der Waals surface area contributed by atoms with E-state index in [1.165, 1.54) is 14.2 Å². The van der Waals surface area contributed by atoms with Crippen molar-refractivity contribution in [3.8, 4) is 0 Å². The fraction of sp³-hybridized carbons (Fsp3) is 0.267. The number of fused-ring (bicyclic) bond motifs is 3. The molecule has 0 saturated heterocycles. The lowest BCUT2D eigenvalue weighted by molar-refractivity contribution is -0.143. The number of benzene rings is 3. The molecule has 0 radical (unpaired) electrons. The van der Waals surface area contributed by atoms with Crippen molar-refractivity contribution in [2.75, 3.05) is 19.5 Å².